The number of ether oxygens (including phenoxy) is 1. The van der Waals surface area contributed by atoms with Crippen molar-refractivity contribution in [3.63, 3.8) is 0 Å². The number of rotatable bonds is 9. The Balaban J connectivity index is 1.51. The maximum Gasteiger partial charge on any atom is 0.226 e. The number of hydrogen-bond acceptors (Lipinski definition) is 4. The summed E-state index contributed by atoms with van der Waals surface area (Å²) in [6.45, 7) is 1.52. The first-order valence-corrected chi connectivity index (χ1v) is 10.6. The molecule has 3 aromatic carbocycles. The second kappa shape index (κ2) is 10.4. The van der Waals surface area contributed by atoms with Crippen LogP contribution < -0.4 is 9.64 Å². The molecule has 4 rings (SSSR count). The Morgan fingerprint density at radius 3 is 1.87 bits per heavy atom. The third-order valence-electron chi connectivity index (χ3n) is 5.24. The van der Waals surface area contributed by atoms with Gasteiger partial charge in [0.15, 0.2) is 0 Å². The molecule has 0 saturated heterocycles. The molecule has 4 aromatic rings. The van der Waals surface area contributed by atoms with Crippen LogP contribution in [0.5, 0.6) is 5.75 Å². The molecule has 0 aliphatic heterocycles. The third kappa shape index (κ3) is 5.92. The Labute approximate surface area is 184 Å². The molecule has 0 spiro atoms. The van der Waals surface area contributed by atoms with Gasteiger partial charge in [0.2, 0.25) is 5.95 Å². The highest BCUT2D eigenvalue weighted by Gasteiger charge is 2.12. The number of anilines is 1. The number of aromatic nitrogens is 2. The Morgan fingerprint density at radius 2 is 1.29 bits per heavy atom. The van der Waals surface area contributed by atoms with E-state index in [2.05, 4.69) is 70.5 Å². The molecule has 0 N–H and O–H groups in total. The minimum absolute atomic E-state index is 0.762. The third-order valence-corrected chi connectivity index (χ3v) is 5.24. The quantitative estimate of drug-likeness (QED) is 0.367. The Morgan fingerprint density at radius 1 is 0.677 bits per heavy atom. The van der Waals surface area contributed by atoms with Crippen LogP contribution in [0.25, 0.3) is 0 Å². The Bertz CT molecular complexity index is 1020. The van der Waals surface area contributed by atoms with Crippen LogP contribution in [0.1, 0.15) is 22.4 Å². The summed E-state index contributed by atoms with van der Waals surface area (Å²) in [7, 11) is 1.69. The first-order valence-electron chi connectivity index (χ1n) is 10.6. The van der Waals surface area contributed by atoms with E-state index in [1.165, 1.54) is 16.7 Å². The summed E-state index contributed by atoms with van der Waals surface area (Å²) in [4.78, 5) is 11.7. The standard InChI is InChI=1S/C27H27N3O/c1-31-26-16-13-22(14-17-26)12-15-25-18-19-28-27(29-25)30(20-23-8-4-2-5-9-23)21-24-10-6-3-7-11-24/h2-11,13-14,16-19H,12,15,20-21H2,1H3. The summed E-state index contributed by atoms with van der Waals surface area (Å²) in [6, 6.07) is 31.2. The van der Waals surface area contributed by atoms with Gasteiger partial charge in [-0.2, -0.15) is 0 Å². The summed E-state index contributed by atoms with van der Waals surface area (Å²) in [5.41, 5.74) is 4.80. The molecule has 0 unspecified atom stereocenters. The largest absolute Gasteiger partial charge is 0.497 e. The van der Waals surface area contributed by atoms with Gasteiger partial charge in [0, 0.05) is 25.0 Å². The second-order valence-corrected chi connectivity index (χ2v) is 7.52. The first-order chi connectivity index (χ1) is 15.3. The molecule has 0 saturated carbocycles. The Hall–Kier alpha value is -3.66. The van der Waals surface area contributed by atoms with E-state index in [1.807, 2.05) is 36.5 Å². The van der Waals surface area contributed by atoms with Crippen molar-refractivity contribution in [2.45, 2.75) is 25.9 Å². The van der Waals surface area contributed by atoms with Gasteiger partial charge in [-0.25, -0.2) is 9.97 Å². The summed E-state index contributed by atoms with van der Waals surface area (Å²) < 4.78 is 5.25. The molecule has 1 aromatic heterocycles. The predicted octanol–water partition coefficient (Wildman–Crippen LogP) is 5.48. The summed E-state index contributed by atoms with van der Waals surface area (Å²) in [5, 5.41) is 0. The number of hydrogen-bond donors (Lipinski definition) is 0. The fourth-order valence-electron chi connectivity index (χ4n) is 3.55. The molecule has 0 bridgehead atoms. The van der Waals surface area contributed by atoms with Gasteiger partial charge in [-0.05, 0) is 47.7 Å². The SMILES string of the molecule is COc1ccc(CCc2ccnc(N(Cc3ccccc3)Cc3ccccc3)n2)cc1. The molecule has 0 fully saturated rings. The lowest BCUT2D eigenvalue weighted by atomic mass is 10.1. The molecule has 4 heteroatoms. The van der Waals surface area contributed by atoms with Crippen molar-refractivity contribution in [3.05, 3.63) is 120 Å². The number of methoxy groups -OCH3 is 1. The lowest BCUT2D eigenvalue weighted by Gasteiger charge is -2.23. The molecule has 4 nitrogen and oxygen atoms in total. The Kier molecular flexibility index (Phi) is 6.91. The van der Waals surface area contributed by atoms with Gasteiger partial charge in [-0.1, -0.05) is 72.8 Å². The van der Waals surface area contributed by atoms with Crippen LogP contribution >= 0.6 is 0 Å². The van der Waals surface area contributed by atoms with E-state index in [0.717, 1.165) is 43.3 Å². The van der Waals surface area contributed by atoms with Gasteiger partial charge in [-0.3, -0.25) is 0 Å². The van der Waals surface area contributed by atoms with Crippen LogP contribution in [0.15, 0.2) is 97.2 Å². The highest BCUT2D eigenvalue weighted by atomic mass is 16.5. The molecule has 31 heavy (non-hydrogen) atoms. The van der Waals surface area contributed by atoms with E-state index in [0.29, 0.717) is 0 Å². The second-order valence-electron chi connectivity index (χ2n) is 7.52. The first kappa shape index (κ1) is 20.6. The van der Waals surface area contributed by atoms with Crippen molar-refractivity contribution in [3.8, 4) is 5.75 Å². The van der Waals surface area contributed by atoms with Gasteiger partial charge in [-0.15, -0.1) is 0 Å². The molecular weight excluding hydrogens is 382 g/mol. The molecule has 0 radical (unpaired) electrons. The van der Waals surface area contributed by atoms with Gasteiger partial charge in [0.1, 0.15) is 5.75 Å². The van der Waals surface area contributed by atoms with E-state index in [-0.39, 0.29) is 0 Å². The van der Waals surface area contributed by atoms with Gasteiger partial charge >= 0.3 is 0 Å². The van der Waals surface area contributed by atoms with Crippen molar-refractivity contribution in [1.82, 2.24) is 9.97 Å². The smallest absolute Gasteiger partial charge is 0.226 e. The topological polar surface area (TPSA) is 38.2 Å². The van der Waals surface area contributed by atoms with E-state index in [4.69, 9.17) is 9.72 Å². The van der Waals surface area contributed by atoms with Crippen LogP contribution in [0.4, 0.5) is 5.95 Å². The molecule has 0 aliphatic carbocycles. The number of nitrogens with zero attached hydrogens (tertiary/aromatic N) is 3. The minimum Gasteiger partial charge on any atom is -0.497 e. The van der Waals surface area contributed by atoms with E-state index >= 15 is 0 Å². The maximum atomic E-state index is 5.25. The number of aryl methyl sites for hydroxylation is 2. The average Bonchev–Trinajstić information content (AvgIpc) is 2.84. The molecular formula is C27H27N3O. The lowest BCUT2D eigenvalue weighted by Crippen LogP contribution is -2.24. The molecule has 1 heterocycles. The molecule has 0 atom stereocenters. The summed E-state index contributed by atoms with van der Waals surface area (Å²) in [6.07, 6.45) is 3.67. The van der Waals surface area contributed by atoms with Gasteiger partial charge < -0.3 is 9.64 Å². The molecule has 156 valence electrons. The van der Waals surface area contributed by atoms with Crippen molar-refractivity contribution in [2.75, 3.05) is 12.0 Å². The molecule has 0 amide bonds. The van der Waals surface area contributed by atoms with Crippen LogP contribution in [-0.4, -0.2) is 17.1 Å². The minimum atomic E-state index is 0.762. The van der Waals surface area contributed by atoms with Crippen molar-refractivity contribution < 1.29 is 4.74 Å². The highest BCUT2D eigenvalue weighted by Crippen LogP contribution is 2.18. The van der Waals surface area contributed by atoms with Crippen LogP contribution in [0.3, 0.4) is 0 Å². The van der Waals surface area contributed by atoms with Crippen molar-refractivity contribution in [2.24, 2.45) is 0 Å². The van der Waals surface area contributed by atoms with E-state index in [1.54, 1.807) is 7.11 Å². The van der Waals surface area contributed by atoms with Crippen molar-refractivity contribution >= 4 is 5.95 Å². The zero-order valence-corrected chi connectivity index (χ0v) is 17.8. The van der Waals surface area contributed by atoms with Gasteiger partial charge in [0.25, 0.3) is 0 Å². The number of benzene rings is 3. The predicted molar refractivity (Wildman–Crippen MR) is 125 cm³/mol. The van der Waals surface area contributed by atoms with Crippen LogP contribution in [-0.2, 0) is 25.9 Å². The van der Waals surface area contributed by atoms with E-state index in [9.17, 15) is 0 Å². The van der Waals surface area contributed by atoms with Crippen LogP contribution in [0, 0.1) is 0 Å². The molecule has 0 aliphatic rings. The fraction of sp³-hybridized carbons (Fsp3) is 0.185. The van der Waals surface area contributed by atoms with Crippen molar-refractivity contribution in [1.29, 1.82) is 0 Å². The summed E-state index contributed by atoms with van der Waals surface area (Å²) in [5.74, 6) is 1.64. The normalized spacial score (nSPS) is 10.6. The lowest BCUT2D eigenvalue weighted by molar-refractivity contribution is 0.414. The van der Waals surface area contributed by atoms with Crippen LogP contribution in [0.2, 0.25) is 0 Å². The zero-order valence-electron chi connectivity index (χ0n) is 17.8. The highest BCUT2D eigenvalue weighted by molar-refractivity contribution is 5.35. The monoisotopic (exact) mass is 409 g/mol. The van der Waals surface area contributed by atoms with Gasteiger partial charge in [0.05, 0.1) is 7.11 Å². The zero-order chi connectivity index (χ0) is 21.3. The maximum absolute atomic E-state index is 5.25. The van der Waals surface area contributed by atoms with E-state index < -0.39 is 0 Å². The summed E-state index contributed by atoms with van der Waals surface area (Å²) >= 11 is 0. The fourth-order valence-corrected chi connectivity index (χ4v) is 3.55. The average molecular weight is 410 g/mol.